The van der Waals surface area contributed by atoms with Crippen molar-refractivity contribution < 1.29 is 9.63 Å². The van der Waals surface area contributed by atoms with Crippen molar-refractivity contribution in [2.45, 2.75) is 13.0 Å². The predicted molar refractivity (Wildman–Crippen MR) is 42.1 cm³/mol. The van der Waals surface area contributed by atoms with Crippen LogP contribution in [0.4, 0.5) is 0 Å². The standard InChI is InChI=1S/C5H13N2O2P/c1-4(6-10)5(8)7(2)9-3/h4,6H,10H2,1-3H3. The first-order valence-electron chi connectivity index (χ1n) is 2.91. The monoisotopic (exact) mass is 164 g/mol. The smallest absolute Gasteiger partial charge is 0.262 e. The Morgan fingerprint density at radius 1 is 1.80 bits per heavy atom. The van der Waals surface area contributed by atoms with Gasteiger partial charge in [0.2, 0.25) is 0 Å². The predicted octanol–water partition coefficient (Wildman–Crippen LogP) is -0.226. The lowest BCUT2D eigenvalue weighted by atomic mass is 10.3. The molecule has 1 N–H and O–H groups in total. The van der Waals surface area contributed by atoms with Crippen molar-refractivity contribution in [2.75, 3.05) is 14.2 Å². The first-order chi connectivity index (χ1) is 4.63. The van der Waals surface area contributed by atoms with Gasteiger partial charge in [-0.05, 0) is 6.92 Å². The molecule has 0 radical (unpaired) electrons. The number of nitrogens with zero attached hydrogens (tertiary/aromatic N) is 1. The van der Waals surface area contributed by atoms with Crippen LogP contribution in [0.15, 0.2) is 0 Å². The molecule has 1 amide bonds. The number of likely N-dealkylation sites (N-methyl/N-ethyl adjacent to an activating group) is 1. The summed E-state index contributed by atoms with van der Waals surface area (Å²) in [6.07, 6.45) is 0. The molecule has 0 saturated carbocycles. The first-order valence-corrected chi connectivity index (χ1v) is 3.49. The zero-order valence-electron chi connectivity index (χ0n) is 6.42. The van der Waals surface area contributed by atoms with Crippen molar-refractivity contribution in [3.63, 3.8) is 0 Å². The van der Waals surface area contributed by atoms with Crippen molar-refractivity contribution in [2.24, 2.45) is 0 Å². The van der Waals surface area contributed by atoms with Crippen LogP contribution in [0.1, 0.15) is 6.92 Å². The van der Waals surface area contributed by atoms with Crippen molar-refractivity contribution >= 4 is 15.3 Å². The number of amides is 1. The van der Waals surface area contributed by atoms with Gasteiger partial charge in [0.25, 0.3) is 5.91 Å². The lowest BCUT2D eigenvalue weighted by Gasteiger charge is -2.17. The third-order valence-electron chi connectivity index (χ3n) is 1.20. The maximum atomic E-state index is 11.0. The average Bonchev–Trinajstić information content (AvgIpc) is 2.00. The Bertz CT molecular complexity index is 108. The Morgan fingerprint density at radius 2 is 2.30 bits per heavy atom. The van der Waals surface area contributed by atoms with Crippen molar-refractivity contribution in [3.05, 3.63) is 0 Å². The van der Waals surface area contributed by atoms with E-state index in [2.05, 4.69) is 19.3 Å². The number of carbonyl (C=O) groups is 1. The molecule has 0 aliphatic heterocycles. The molecule has 0 aromatic heterocycles. The van der Waals surface area contributed by atoms with Crippen LogP contribution in [0.25, 0.3) is 0 Å². The molecule has 0 saturated heterocycles. The minimum atomic E-state index is -0.227. The van der Waals surface area contributed by atoms with Crippen LogP contribution in [0.3, 0.4) is 0 Å². The second kappa shape index (κ2) is 4.61. The molecule has 0 spiro atoms. The lowest BCUT2D eigenvalue weighted by Crippen LogP contribution is -2.38. The highest BCUT2D eigenvalue weighted by atomic mass is 31.0. The summed E-state index contributed by atoms with van der Waals surface area (Å²) in [5, 5.41) is 3.91. The Hall–Kier alpha value is -0.180. The summed E-state index contributed by atoms with van der Waals surface area (Å²) in [5.41, 5.74) is 0. The van der Waals surface area contributed by atoms with Gasteiger partial charge in [0.15, 0.2) is 0 Å². The molecule has 0 aromatic carbocycles. The van der Waals surface area contributed by atoms with Crippen LogP contribution >= 0.6 is 9.39 Å². The maximum absolute atomic E-state index is 11.0. The molecular weight excluding hydrogens is 151 g/mol. The molecule has 0 aliphatic rings. The average molecular weight is 164 g/mol. The fourth-order valence-electron chi connectivity index (χ4n) is 0.434. The van der Waals surface area contributed by atoms with E-state index in [-0.39, 0.29) is 11.9 Å². The van der Waals surface area contributed by atoms with E-state index in [1.54, 1.807) is 14.0 Å². The molecule has 10 heavy (non-hydrogen) atoms. The third kappa shape index (κ3) is 2.60. The van der Waals surface area contributed by atoms with E-state index in [1.807, 2.05) is 0 Å². The molecular formula is C5H13N2O2P. The SMILES string of the molecule is CON(C)C(=O)C(C)NP. The van der Waals surface area contributed by atoms with Gasteiger partial charge in [-0.15, -0.1) is 0 Å². The molecule has 2 unspecified atom stereocenters. The number of hydrogen-bond acceptors (Lipinski definition) is 3. The molecule has 0 bridgehead atoms. The van der Waals surface area contributed by atoms with E-state index < -0.39 is 0 Å². The van der Waals surface area contributed by atoms with Gasteiger partial charge in [0.1, 0.15) is 0 Å². The van der Waals surface area contributed by atoms with Gasteiger partial charge in [-0.3, -0.25) is 14.7 Å². The minimum Gasteiger partial charge on any atom is -0.289 e. The Morgan fingerprint density at radius 3 is 2.60 bits per heavy atom. The number of hydroxylamine groups is 2. The summed E-state index contributed by atoms with van der Waals surface area (Å²) >= 11 is 0. The van der Waals surface area contributed by atoms with Gasteiger partial charge in [-0.2, -0.15) is 0 Å². The zero-order valence-corrected chi connectivity index (χ0v) is 7.57. The number of rotatable bonds is 3. The molecule has 0 heterocycles. The van der Waals surface area contributed by atoms with Crippen LogP contribution in [0, 0.1) is 0 Å². The van der Waals surface area contributed by atoms with Crippen LogP contribution in [-0.2, 0) is 9.63 Å². The largest absolute Gasteiger partial charge is 0.289 e. The first kappa shape index (κ1) is 9.82. The van der Waals surface area contributed by atoms with Crippen LogP contribution in [0.2, 0.25) is 0 Å². The number of carbonyl (C=O) groups excluding carboxylic acids is 1. The summed E-state index contributed by atoms with van der Waals surface area (Å²) in [7, 11) is 5.30. The van der Waals surface area contributed by atoms with Gasteiger partial charge in [0.05, 0.1) is 13.2 Å². The topological polar surface area (TPSA) is 41.6 Å². The second-order valence-electron chi connectivity index (χ2n) is 1.91. The van der Waals surface area contributed by atoms with Crippen LogP contribution in [-0.4, -0.2) is 31.2 Å². The molecule has 0 fully saturated rings. The van der Waals surface area contributed by atoms with Crippen molar-refractivity contribution in [1.82, 2.24) is 10.2 Å². The van der Waals surface area contributed by atoms with E-state index in [1.165, 1.54) is 12.2 Å². The highest BCUT2D eigenvalue weighted by molar-refractivity contribution is 7.13. The molecule has 5 heteroatoms. The number of nitrogens with one attached hydrogen (secondary N) is 1. The summed E-state index contributed by atoms with van der Waals surface area (Å²) in [6, 6.07) is -0.227. The molecule has 0 aromatic rings. The van der Waals surface area contributed by atoms with Gasteiger partial charge in [0, 0.05) is 7.05 Å². The summed E-state index contributed by atoms with van der Waals surface area (Å²) in [4.78, 5) is 15.7. The van der Waals surface area contributed by atoms with E-state index >= 15 is 0 Å². The Balaban J connectivity index is 3.82. The molecule has 60 valence electrons. The Labute approximate surface area is 63.1 Å². The lowest BCUT2D eigenvalue weighted by molar-refractivity contribution is -0.170. The highest BCUT2D eigenvalue weighted by Gasteiger charge is 2.14. The fraction of sp³-hybridized carbons (Fsp3) is 0.800. The highest BCUT2D eigenvalue weighted by Crippen LogP contribution is 1.92. The number of hydrogen-bond donors (Lipinski definition) is 1. The van der Waals surface area contributed by atoms with Gasteiger partial charge >= 0.3 is 0 Å². The van der Waals surface area contributed by atoms with Gasteiger partial charge in [-0.1, -0.05) is 9.39 Å². The normalized spacial score (nSPS) is 12.8. The van der Waals surface area contributed by atoms with Crippen LogP contribution < -0.4 is 5.09 Å². The second-order valence-corrected chi connectivity index (χ2v) is 2.24. The van der Waals surface area contributed by atoms with Gasteiger partial charge in [-0.25, -0.2) is 5.06 Å². The van der Waals surface area contributed by atoms with E-state index in [0.717, 1.165) is 0 Å². The van der Waals surface area contributed by atoms with E-state index in [9.17, 15) is 4.79 Å². The quantitative estimate of drug-likeness (QED) is 0.463. The van der Waals surface area contributed by atoms with Crippen molar-refractivity contribution in [1.29, 1.82) is 0 Å². The minimum absolute atomic E-state index is 0.0995. The zero-order chi connectivity index (χ0) is 8.15. The van der Waals surface area contributed by atoms with Crippen LogP contribution in [0.5, 0.6) is 0 Å². The third-order valence-corrected chi connectivity index (χ3v) is 1.70. The van der Waals surface area contributed by atoms with Crippen molar-refractivity contribution in [3.8, 4) is 0 Å². The summed E-state index contributed by atoms with van der Waals surface area (Å²) in [6.45, 7) is 1.75. The Kier molecular flexibility index (Phi) is 4.52. The molecule has 2 atom stereocenters. The molecule has 0 rings (SSSR count). The molecule has 4 nitrogen and oxygen atoms in total. The fourth-order valence-corrected chi connectivity index (χ4v) is 0.577. The molecule has 0 aliphatic carbocycles. The van der Waals surface area contributed by atoms with E-state index in [0.29, 0.717) is 0 Å². The van der Waals surface area contributed by atoms with E-state index in [4.69, 9.17) is 0 Å². The summed E-state index contributed by atoms with van der Waals surface area (Å²) < 4.78 is 0. The summed E-state index contributed by atoms with van der Waals surface area (Å²) in [5.74, 6) is -0.0995. The van der Waals surface area contributed by atoms with Gasteiger partial charge < -0.3 is 0 Å². The maximum Gasteiger partial charge on any atom is 0.262 e.